The molecule has 4 heteroatoms. The maximum Gasteiger partial charge on any atom is 0.225 e. The van der Waals surface area contributed by atoms with Crippen molar-refractivity contribution < 1.29 is 15.0 Å². The first kappa shape index (κ1) is 13.8. The van der Waals surface area contributed by atoms with Gasteiger partial charge in [0.2, 0.25) is 5.91 Å². The Balaban J connectivity index is 1.91. The van der Waals surface area contributed by atoms with Gasteiger partial charge in [-0.15, -0.1) is 0 Å². The molecule has 4 atom stereocenters. The van der Waals surface area contributed by atoms with Crippen molar-refractivity contribution >= 4 is 5.91 Å². The van der Waals surface area contributed by atoms with Gasteiger partial charge in [0.25, 0.3) is 0 Å². The fourth-order valence-corrected chi connectivity index (χ4v) is 3.33. The van der Waals surface area contributed by atoms with Gasteiger partial charge in [-0.05, 0) is 32.1 Å². The minimum atomic E-state index is -0.469. The van der Waals surface area contributed by atoms with Crippen LogP contribution in [-0.4, -0.2) is 34.9 Å². The first-order valence-electron chi connectivity index (χ1n) is 7.31. The van der Waals surface area contributed by atoms with Gasteiger partial charge in [0.1, 0.15) is 0 Å². The minimum absolute atomic E-state index is 0.00894. The molecule has 2 aliphatic rings. The van der Waals surface area contributed by atoms with Crippen molar-refractivity contribution in [3.63, 3.8) is 0 Å². The zero-order valence-electron chi connectivity index (χ0n) is 11.0. The molecule has 0 radical (unpaired) electrons. The van der Waals surface area contributed by atoms with Crippen molar-refractivity contribution in [2.45, 2.75) is 63.5 Å². The Bertz CT molecular complexity index is 282. The lowest BCUT2D eigenvalue weighted by atomic mass is 9.94. The van der Waals surface area contributed by atoms with Crippen LogP contribution in [0.5, 0.6) is 0 Å². The summed E-state index contributed by atoms with van der Waals surface area (Å²) in [6, 6.07) is 0.0952. The van der Waals surface area contributed by atoms with Crippen LogP contribution in [-0.2, 0) is 4.79 Å². The summed E-state index contributed by atoms with van der Waals surface area (Å²) in [7, 11) is 0. The summed E-state index contributed by atoms with van der Waals surface area (Å²) in [5.41, 5.74) is 0. The van der Waals surface area contributed by atoms with E-state index < -0.39 is 6.10 Å². The van der Waals surface area contributed by atoms with Crippen molar-refractivity contribution in [3.8, 4) is 0 Å². The van der Waals surface area contributed by atoms with E-state index in [-0.39, 0.29) is 30.4 Å². The SMILES string of the molecule is O=C(NC1CCCCCC1CO)C1CCCC1O. The lowest BCUT2D eigenvalue weighted by molar-refractivity contribution is -0.128. The molecule has 0 spiro atoms. The number of aliphatic hydroxyl groups is 2. The highest BCUT2D eigenvalue weighted by Crippen LogP contribution is 2.28. The predicted molar refractivity (Wildman–Crippen MR) is 68.9 cm³/mol. The van der Waals surface area contributed by atoms with E-state index in [2.05, 4.69) is 5.32 Å². The van der Waals surface area contributed by atoms with E-state index in [0.717, 1.165) is 44.9 Å². The van der Waals surface area contributed by atoms with Crippen molar-refractivity contribution in [3.05, 3.63) is 0 Å². The van der Waals surface area contributed by atoms with E-state index in [1.165, 1.54) is 6.42 Å². The second kappa shape index (κ2) is 6.53. The maximum absolute atomic E-state index is 12.1. The Labute approximate surface area is 109 Å². The van der Waals surface area contributed by atoms with Gasteiger partial charge < -0.3 is 15.5 Å². The molecule has 104 valence electrons. The second-order valence-electron chi connectivity index (χ2n) is 5.80. The molecule has 4 nitrogen and oxygen atoms in total. The number of carbonyl (C=O) groups is 1. The molecular weight excluding hydrogens is 230 g/mol. The molecule has 0 aromatic carbocycles. The minimum Gasteiger partial charge on any atom is -0.396 e. The van der Waals surface area contributed by atoms with Crippen LogP contribution in [0, 0.1) is 11.8 Å². The van der Waals surface area contributed by atoms with Crippen LogP contribution >= 0.6 is 0 Å². The number of rotatable bonds is 3. The van der Waals surface area contributed by atoms with Crippen LogP contribution < -0.4 is 5.32 Å². The molecule has 0 heterocycles. The van der Waals surface area contributed by atoms with Gasteiger partial charge in [0.15, 0.2) is 0 Å². The van der Waals surface area contributed by atoms with Crippen LogP contribution in [0.15, 0.2) is 0 Å². The number of aliphatic hydroxyl groups excluding tert-OH is 2. The van der Waals surface area contributed by atoms with Crippen LogP contribution in [0.3, 0.4) is 0 Å². The zero-order valence-corrected chi connectivity index (χ0v) is 11.0. The van der Waals surface area contributed by atoms with Crippen LogP contribution in [0.25, 0.3) is 0 Å². The second-order valence-corrected chi connectivity index (χ2v) is 5.80. The van der Waals surface area contributed by atoms with Crippen molar-refractivity contribution in [1.29, 1.82) is 0 Å². The molecule has 2 aliphatic carbocycles. The molecule has 4 unspecified atom stereocenters. The van der Waals surface area contributed by atoms with E-state index in [9.17, 15) is 15.0 Å². The van der Waals surface area contributed by atoms with E-state index in [1.807, 2.05) is 0 Å². The normalized spacial score (nSPS) is 37.2. The fourth-order valence-electron chi connectivity index (χ4n) is 3.33. The number of amides is 1. The smallest absolute Gasteiger partial charge is 0.225 e. The molecule has 2 rings (SSSR count). The van der Waals surface area contributed by atoms with E-state index in [4.69, 9.17) is 0 Å². The summed E-state index contributed by atoms with van der Waals surface area (Å²) in [5.74, 6) is -0.0482. The molecule has 0 aromatic heterocycles. The van der Waals surface area contributed by atoms with Gasteiger partial charge in [0.05, 0.1) is 12.0 Å². The summed E-state index contributed by atoms with van der Waals surface area (Å²) in [4.78, 5) is 12.1. The third kappa shape index (κ3) is 3.23. The summed E-state index contributed by atoms with van der Waals surface area (Å²) in [6.45, 7) is 0.151. The van der Waals surface area contributed by atoms with Gasteiger partial charge in [-0.3, -0.25) is 4.79 Å². The van der Waals surface area contributed by atoms with Crippen LogP contribution in [0.1, 0.15) is 51.4 Å². The third-order valence-corrected chi connectivity index (χ3v) is 4.54. The number of nitrogens with one attached hydrogen (secondary N) is 1. The van der Waals surface area contributed by atoms with Gasteiger partial charge in [0, 0.05) is 18.6 Å². The first-order chi connectivity index (χ1) is 8.72. The van der Waals surface area contributed by atoms with Crippen LogP contribution in [0.4, 0.5) is 0 Å². The highest BCUT2D eigenvalue weighted by molar-refractivity contribution is 5.79. The van der Waals surface area contributed by atoms with Crippen molar-refractivity contribution in [2.75, 3.05) is 6.61 Å². The summed E-state index contributed by atoms with van der Waals surface area (Å²) in [6.07, 6.45) is 7.41. The van der Waals surface area contributed by atoms with Crippen molar-refractivity contribution in [1.82, 2.24) is 5.32 Å². The zero-order chi connectivity index (χ0) is 13.0. The topological polar surface area (TPSA) is 69.6 Å². The van der Waals surface area contributed by atoms with Crippen LogP contribution in [0.2, 0.25) is 0 Å². The molecule has 0 bridgehead atoms. The number of hydrogen-bond acceptors (Lipinski definition) is 3. The predicted octanol–water partition coefficient (Wildman–Crippen LogP) is 1.20. The van der Waals surface area contributed by atoms with Crippen molar-refractivity contribution in [2.24, 2.45) is 11.8 Å². The lowest BCUT2D eigenvalue weighted by Crippen LogP contribution is -2.45. The van der Waals surface area contributed by atoms with E-state index in [0.29, 0.717) is 0 Å². The van der Waals surface area contributed by atoms with Gasteiger partial charge in [-0.2, -0.15) is 0 Å². The Kier molecular flexibility index (Phi) is 5.01. The summed E-state index contributed by atoms with van der Waals surface area (Å²) >= 11 is 0. The average Bonchev–Trinajstić information content (AvgIpc) is 2.66. The highest BCUT2D eigenvalue weighted by Gasteiger charge is 2.34. The fraction of sp³-hybridized carbons (Fsp3) is 0.929. The van der Waals surface area contributed by atoms with E-state index in [1.54, 1.807) is 0 Å². The number of hydrogen-bond donors (Lipinski definition) is 3. The lowest BCUT2D eigenvalue weighted by Gasteiger charge is -2.26. The standard InChI is InChI=1S/C14H25NO3/c16-9-10-5-2-1-3-7-12(10)15-14(18)11-6-4-8-13(11)17/h10-13,16-17H,1-9H2,(H,15,18). The Morgan fingerprint density at radius 1 is 1.06 bits per heavy atom. The molecule has 0 aromatic rings. The molecular formula is C14H25NO3. The Morgan fingerprint density at radius 2 is 1.83 bits per heavy atom. The van der Waals surface area contributed by atoms with Gasteiger partial charge in [-0.1, -0.05) is 19.3 Å². The molecule has 0 saturated heterocycles. The first-order valence-corrected chi connectivity index (χ1v) is 7.31. The Morgan fingerprint density at radius 3 is 2.50 bits per heavy atom. The molecule has 1 amide bonds. The summed E-state index contributed by atoms with van der Waals surface area (Å²) < 4.78 is 0. The quantitative estimate of drug-likeness (QED) is 0.664. The molecule has 0 aliphatic heterocycles. The molecule has 3 N–H and O–H groups in total. The molecule has 18 heavy (non-hydrogen) atoms. The average molecular weight is 255 g/mol. The van der Waals surface area contributed by atoms with Gasteiger partial charge in [-0.25, -0.2) is 0 Å². The maximum atomic E-state index is 12.1. The molecule has 2 fully saturated rings. The van der Waals surface area contributed by atoms with E-state index >= 15 is 0 Å². The van der Waals surface area contributed by atoms with Gasteiger partial charge >= 0.3 is 0 Å². The Hall–Kier alpha value is -0.610. The molecule has 2 saturated carbocycles. The monoisotopic (exact) mass is 255 g/mol. The third-order valence-electron chi connectivity index (χ3n) is 4.54. The summed E-state index contributed by atoms with van der Waals surface area (Å²) in [5, 5.41) is 22.2. The number of carbonyl (C=O) groups excluding carboxylic acids is 1. The highest BCUT2D eigenvalue weighted by atomic mass is 16.3. The largest absolute Gasteiger partial charge is 0.396 e.